The van der Waals surface area contributed by atoms with Crippen molar-refractivity contribution >= 4 is 28.7 Å². The molecule has 0 spiro atoms. The molecule has 29 heavy (non-hydrogen) atoms. The summed E-state index contributed by atoms with van der Waals surface area (Å²) < 4.78 is 11.4. The Hall–Kier alpha value is -2.31. The number of ether oxygens (including phenoxy) is 2. The van der Waals surface area contributed by atoms with Crippen molar-refractivity contribution in [2.75, 3.05) is 44.1 Å². The van der Waals surface area contributed by atoms with E-state index in [1.165, 1.54) is 11.3 Å². The minimum absolute atomic E-state index is 0.233. The molecule has 0 amide bonds. The predicted molar refractivity (Wildman–Crippen MR) is 124 cm³/mol. The summed E-state index contributed by atoms with van der Waals surface area (Å²) in [5.41, 5.74) is 3.37. The number of hydrogen-bond donors (Lipinski definition) is 1. The molecule has 6 heteroatoms. The van der Waals surface area contributed by atoms with Crippen LogP contribution >= 0.6 is 12.2 Å². The minimum Gasteiger partial charge on any atom is -0.494 e. The van der Waals surface area contributed by atoms with Gasteiger partial charge in [-0.05, 0) is 73.9 Å². The summed E-state index contributed by atoms with van der Waals surface area (Å²) >= 11 is 5.76. The second kappa shape index (κ2) is 10.5. The van der Waals surface area contributed by atoms with Crippen LogP contribution in [0.1, 0.15) is 25.3 Å². The fraction of sp³-hybridized carbons (Fsp3) is 0.435. The van der Waals surface area contributed by atoms with Crippen LogP contribution in [0.15, 0.2) is 48.5 Å². The highest BCUT2D eigenvalue weighted by molar-refractivity contribution is 7.80. The second-order valence-corrected chi connectivity index (χ2v) is 7.85. The van der Waals surface area contributed by atoms with Crippen LogP contribution in [0, 0.1) is 0 Å². The lowest BCUT2D eigenvalue weighted by Crippen LogP contribution is -2.39. The lowest BCUT2D eigenvalue weighted by molar-refractivity contribution is 0.0905. The molecule has 0 unspecified atom stereocenters. The summed E-state index contributed by atoms with van der Waals surface area (Å²) in [6.07, 6.45) is 2.44. The van der Waals surface area contributed by atoms with Crippen molar-refractivity contribution in [1.29, 1.82) is 0 Å². The summed E-state index contributed by atoms with van der Waals surface area (Å²) in [5, 5.41) is 4.08. The van der Waals surface area contributed by atoms with Crippen molar-refractivity contribution in [3.63, 3.8) is 0 Å². The van der Waals surface area contributed by atoms with Crippen LogP contribution in [0.3, 0.4) is 0 Å². The maximum Gasteiger partial charge on any atom is 0.173 e. The Morgan fingerprint density at radius 1 is 1.14 bits per heavy atom. The summed E-state index contributed by atoms with van der Waals surface area (Å²) in [5.74, 6) is 0.862. The zero-order chi connectivity index (χ0) is 20.6. The van der Waals surface area contributed by atoms with E-state index >= 15 is 0 Å². The number of rotatable bonds is 8. The minimum atomic E-state index is 0.233. The molecular formula is C23H31N3O2S. The van der Waals surface area contributed by atoms with E-state index in [2.05, 4.69) is 53.5 Å². The molecule has 1 heterocycles. The van der Waals surface area contributed by atoms with E-state index in [4.69, 9.17) is 21.7 Å². The van der Waals surface area contributed by atoms with E-state index in [-0.39, 0.29) is 6.10 Å². The van der Waals surface area contributed by atoms with Gasteiger partial charge in [0.15, 0.2) is 5.11 Å². The molecule has 3 rings (SSSR count). The van der Waals surface area contributed by atoms with Gasteiger partial charge in [-0.15, -0.1) is 0 Å². The molecule has 2 aromatic rings. The third-order valence-electron chi connectivity index (χ3n) is 4.98. The third kappa shape index (κ3) is 6.34. The van der Waals surface area contributed by atoms with Crippen LogP contribution < -0.4 is 15.0 Å². The molecule has 1 fully saturated rings. The molecule has 1 saturated heterocycles. The molecule has 0 saturated carbocycles. The van der Waals surface area contributed by atoms with Crippen LogP contribution in [-0.2, 0) is 11.3 Å². The SMILES string of the molecule is CCOc1ccc(NC(=S)N(Cc2ccc(N(C)C)cc2)C[C@H]2CCCO2)cc1. The summed E-state index contributed by atoms with van der Waals surface area (Å²) in [4.78, 5) is 4.30. The highest BCUT2D eigenvalue weighted by Crippen LogP contribution is 2.20. The van der Waals surface area contributed by atoms with Crippen LogP contribution in [0.2, 0.25) is 0 Å². The molecule has 0 bridgehead atoms. The molecule has 0 radical (unpaired) electrons. The summed E-state index contributed by atoms with van der Waals surface area (Å²) in [6, 6.07) is 16.5. The maximum atomic E-state index is 5.86. The topological polar surface area (TPSA) is 37.0 Å². The van der Waals surface area contributed by atoms with Crippen LogP contribution in [-0.4, -0.2) is 50.0 Å². The van der Waals surface area contributed by atoms with E-state index < -0.39 is 0 Å². The Morgan fingerprint density at radius 2 is 1.86 bits per heavy atom. The van der Waals surface area contributed by atoms with E-state index in [1.54, 1.807) is 0 Å². The largest absolute Gasteiger partial charge is 0.494 e. The van der Waals surface area contributed by atoms with E-state index in [1.807, 2.05) is 31.2 Å². The first-order valence-corrected chi connectivity index (χ1v) is 10.6. The Labute approximate surface area is 179 Å². The molecule has 2 aromatic carbocycles. The van der Waals surface area contributed by atoms with Gasteiger partial charge in [0.05, 0.1) is 12.7 Å². The van der Waals surface area contributed by atoms with E-state index in [0.29, 0.717) is 11.7 Å². The second-order valence-electron chi connectivity index (χ2n) is 7.46. The fourth-order valence-corrected chi connectivity index (χ4v) is 3.63. The smallest absolute Gasteiger partial charge is 0.173 e. The van der Waals surface area contributed by atoms with Gasteiger partial charge in [0.1, 0.15) is 5.75 Å². The Kier molecular flexibility index (Phi) is 7.72. The van der Waals surface area contributed by atoms with Crippen LogP contribution in [0.5, 0.6) is 5.75 Å². The average Bonchev–Trinajstić information content (AvgIpc) is 3.23. The number of thiocarbonyl (C=S) groups is 1. The molecule has 1 atom stereocenters. The van der Waals surface area contributed by atoms with Gasteiger partial charge in [-0.2, -0.15) is 0 Å². The zero-order valence-electron chi connectivity index (χ0n) is 17.6. The molecule has 1 N–H and O–H groups in total. The molecule has 156 valence electrons. The first-order chi connectivity index (χ1) is 14.0. The van der Waals surface area contributed by atoms with E-state index in [0.717, 1.165) is 44.0 Å². The van der Waals surface area contributed by atoms with Gasteiger partial charge in [-0.3, -0.25) is 0 Å². The van der Waals surface area contributed by atoms with Crippen LogP contribution in [0.4, 0.5) is 11.4 Å². The van der Waals surface area contributed by atoms with Gasteiger partial charge >= 0.3 is 0 Å². The van der Waals surface area contributed by atoms with Crippen molar-refractivity contribution in [3.05, 3.63) is 54.1 Å². The Bertz CT molecular complexity index is 772. The molecule has 0 aromatic heterocycles. The van der Waals surface area contributed by atoms with Crippen molar-refractivity contribution in [2.24, 2.45) is 0 Å². The Balaban J connectivity index is 1.68. The average molecular weight is 414 g/mol. The predicted octanol–water partition coefficient (Wildman–Crippen LogP) is 4.53. The normalized spacial score (nSPS) is 15.8. The lowest BCUT2D eigenvalue weighted by Gasteiger charge is -2.28. The highest BCUT2D eigenvalue weighted by atomic mass is 32.1. The molecule has 5 nitrogen and oxygen atoms in total. The van der Waals surface area contributed by atoms with Crippen molar-refractivity contribution < 1.29 is 9.47 Å². The number of anilines is 2. The molecule has 1 aliphatic heterocycles. The van der Waals surface area contributed by atoms with Gasteiger partial charge in [0.2, 0.25) is 0 Å². The number of nitrogens with one attached hydrogen (secondary N) is 1. The number of hydrogen-bond acceptors (Lipinski definition) is 4. The van der Waals surface area contributed by atoms with Crippen molar-refractivity contribution in [3.8, 4) is 5.75 Å². The summed E-state index contributed by atoms with van der Waals surface area (Å²) in [6.45, 7) is 5.02. The number of nitrogens with zero attached hydrogens (tertiary/aromatic N) is 2. The molecular weight excluding hydrogens is 382 g/mol. The lowest BCUT2D eigenvalue weighted by atomic mass is 10.1. The van der Waals surface area contributed by atoms with Crippen molar-refractivity contribution in [1.82, 2.24) is 4.90 Å². The monoisotopic (exact) mass is 413 g/mol. The maximum absolute atomic E-state index is 5.86. The van der Waals surface area contributed by atoms with Gasteiger partial charge in [0.25, 0.3) is 0 Å². The van der Waals surface area contributed by atoms with Gasteiger partial charge in [-0.1, -0.05) is 12.1 Å². The highest BCUT2D eigenvalue weighted by Gasteiger charge is 2.21. The van der Waals surface area contributed by atoms with Crippen LogP contribution in [0.25, 0.3) is 0 Å². The molecule has 1 aliphatic rings. The van der Waals surface area contributed by atoms with Gasteiger partial charge in [-0.25, -0.2) is 0 Å². The number of benzene rings is 2. The quantitative estimate of drug-likeness (QED) is 0.641. The Morgan fingerprint density at radius 3 is 2.45 bits per heavy atom. The fourth-order valence-electron chi connectivity index (χ4n) is 3.38. The standard InChI is InChI=1S/C23H31N3O2S/c1-4-27-21-13-9-19(10-14-21)24-23(29)26(17-22-6-5-15-28-22)16-18-7-11-20(12-8-18)25(2)3/h7-14,22H,4-6,15-17H2,1-3H3,(H,24,29)/t22-/m1/s1. The first-order valence-electron chi connectivity index (χ1n) is 10.2. The third-order valence-corrected chi connectivity index (χ3v) is 5.34. The van der Waals surface area contributed by atoms with E-state index in [9.17, 15) is 0 Å². The summed E-state index contributed by atoms with van der Waals surface area (Å²) in [7, 11) is 4.10. The van der Waals surface area contributed by atoms with Crippen molar-refractivity contribution in [2.45, 2.75) is 32.4 Å². The first kappa shape index (κ1) is 21.4. The molecule has 0 aliphatic carbocycles. The van der Waals surface area contributed by atoms with Gasteiger partial charge < -0.3 is 24.6 Å². The zero-order valence-corrected chi connectivity index (χ0v) is 18.4. The van der Waals surface area contributed by atoms with Gasteiger partial charge in [0, 0.05) is 45.2 Å².